The Morgan fingerprint density at radius 1 is 0.975 bits per heavy atom. The Morgan fingerprint density at radius 2 is 1.73 bits per heavy atom. The molecule has 2 aliphatic rings. The van der Waals surface area contributed by atoms with Crippen molar-refractivity contribution in [2.45, 2.75) is 25.9 Å². The molecule has 4 aromatic rings. The highest BCUT2D eigenvalue weighted by Crippen LogP contribution is 2.44. The van der Waals surface area contributed by atoms with Gasteiger partial charge in [0.1, 0.15) is 0 Å². The summed E-state index contributed by atoms with van der Waals surface area (Å²) in [4.78, 5) is 20.9. The number of aromatic carboxylic acids is 1. The van der Waals surface area contributed by atoms with Gasteiger partial charge in [-0.1, -0.05) is 12.1 Å². The number of thiocarbonyl (C=S) groups is 1. The molecule has 0 unspecified atom stereocenters. The second-order valence-electron chi connectivity index (χ2n) is 10.1. The van der Waals surface area contributed by atoms with Crippen LogP contribution >= 0.6 is 12.2 Å². The molecule has 0 spiro atoms. The van der Waals surface area contributed by atoms with Gasteiger partial charge in [0.15, 0.2) is 5.11 Å². The van der Waals surface area contributed by atoms with Gasteiger partial charge in [0, 0.05) is 47.7 Å². The molecule has 0 amide bonds. The number of ether oxygens (including phenoxy) is 1. The number of nitrogens with zero attached hydrogens (tertiary/aromatic N) is 4. The van der Waals surface area contributed by atoms with E-state index in [1.165, 1.54) is 5.69 Å². The Hall–Kier alpha value is -4.21. The molecule has 2 fully saturated rings. The van der Waals surface area contributed by atoms with Crippen molar-refractivity contribution >= 4 is 34.7 Å². The largest absolute Gasteiger partial charge is 0.478 e. The second-order valence-corrected chi connectivity index (χ2v) is 10.5. The third-order valence-corrected chi connectivity index (χ3v) is 8.06. The van der Waals surface area contributed by atoms with Crippen molar-refractivity contribution < 1.29 is 14.6 Å². The predicted molar refractivity (Wildman–Crippen MR) is 160 cm³/mol. The van der Waals surface area contributed by atoms with Crippen molar-refractivity contribution in [3.05, 3.63) is 107 Å². The van der Waals surface area contributed by atoms with Crippen molar-refractivity contribution in [3.63, 3.8) is 0 Å². The van der Waals surface area contributed by atoms with Crippen molar-refractivity contribution in [1.29, 1.82) is 0 Å². The predicted octanol–water partition coefficient (Wildman–Crippen LogP) is 5.20. The number of carboxylic acids is 1. The molecule has 4 heterocycles. The highest BCUT2D eigenvalue weighted by Gasteiger charge is 2.42. The lowest BCUT2D eigenvalue weighted by Gasteiger charge is -2.31. The van der Waals surface area contributed by atoms with E-state index < -0.39 is 5.97 Å². The molecule has 2 aromatic heterocycles. The SMILES string of the molecule is Cc1cc([C@H]2[C@@H](c3ccccn3)NC(=S)N2c2ccc(N3CCOCC3)cc2)c(C)n1-c1cccc(C(=O)O)c1. The maximum Gasteiger partial charge on any atom is 0.335 e. The highest BCUT2D eigenvalue weighted by atomic mass is 32.1. The summed E-state index contributed by atoms with van der Waals surface area (Å²) in [6.07, 6.45) is 1.80. The van der Waals surface area contributed by atoms with Crippen LogP contribution in [0.3, 0.4) is 0 Å². The molecule has 8 nitrogen and oxygen atoms in total. The number of anilines is 2. The molecule has 0 radical (unpaired) electrons. The lowest BCUT2D eigenvalue weighted by atomic mass is 9.96. The summed E-state index contributed by atoms with van der Waals surface area (Å²) in [7, 11) is 0. The van der Waals surface area contributed by atoms with Crippen LogP contribution in [0, 0.1) is 13.8 Å². The molecule has 2 aromatic carbocycles. The summed E-state index contributed by atoms with van der Waals surface area (Å²) in [6.45, 7) is 7.35. The van der Waals surface area contributed by atoms with E-state index in [9.17, 15) is 9.90 Å². The average molecular weight is 554 g/mol. The minimum absolute atomic E-state index is 0.167. The van der Waals surface area contributed by atoms with Crippen LogP contribution in [0.2, 0.25) is 0 Å². The molecule has 2 atom stereocenters. The van der Waals surface area contributed by atoms with Gasteiger partial charge in [0.2, 0.25) is 0 Å². The molecule has 9 heteroatoms. The number of aromatic nitrogens is 2. The van der Waals surface area contributed by atoms with Crippen molar-refractivity contribution in [2.24, 2.45) is 0 Å². The van der Waals surface area contributed by atoms with Gasteiger partial charge in [0.05, 0.1) is 36.6 Å². The summed E-state index contributed by atoms with van der Waals surface area (Å²) in [6, 6.07) is 23.3. The van der Waals surface area contributed by atoms with Gasteiger partial charge in [0.25, 0.3) is 0 Å². The first kappa shape index (κ1) is 26.0. The van der Waals surface area contributed by atoms with Gasteiger partial charge < -0.3 is 29.5 Å². The van der Waals surface area contributed by atoms with Gasteiger partial charge in [-0.05, 0) is 92.3 Å². The van der Waals surface area contributed by atoms with E-state index in [4.69, 9.17) is 17.0 Å². The maximum atomic E-state index is 11.7. The van der Waals surface area contributed by atoms with E-state index in [1.807, 2.05) is 31.2 Å². The molecule has 2 N–H and O–H groups in total. The fourth-order valence-electron chi connectivity index (χ4n) is 5.86. The highest BCUT2D eigenvalue weighted by molar-refractivity contribution is 7.80. The summed E-state index contributed by atoms with van der Waals surface area (Å²) in [5, 5.41) is 13.8. The summed E-state index contributed by atoms with van der Waals surface area (Å²) >= 11 is 5.94. The number of hydrogen-bond acceptors (Lipinski definition) is 5. The molecule has 0 saturated carbocycles. The lowest BCUT2D eigenvalue weighted by Crippen LogP contribution is -2.36. The summed E-state index contributed by atoms with van der Waals surface area (Å²) < 4.78 is 7.63. The van der Waals surface area contributed by atoms with E-state index in [-0.39, 0.29) is 17.6 Å². The Kier molecular flexibility index (Phi) is 7.00. The van der Waals surface area contributed by atoms with Crippen molar-refractivity contribution in [3.8, 4) is 5.69 Å². The van der Waals surface area contributed by atoms with Crippen LogP contribution in [0.4, 0.5) is 11.4 Å². The standard InChI is InChI=1S/C31H31N5O3S/c1-20-18-26(21(2)35(20)25-7-5-6-22(19-25)30(37)38)29-28(27-8-3-4-13-32-27)33-31(40)36(29)24-11-9-23(10-12-24)34-14-16-39-17-15-34/h3-13,18-19,28-29H,14-17H2,1-2H3,(H,33,40)(H,37,38)/t28-,29+/m1/s1. The molecule has 2 aliphatic heterocycles. The Balaban J connectivity index is 1.44. The fraction of sp³-hybridized carbons (Fsp3) is 0.258. The van der Waals surface area contributed by atoms with E-state index in [2.05, 4.69) is 61.9 Å². The molecule has 0 bridgehead atoms. The smallest absolute Gasteiger partial charge is 0.335 e. The van der Waals surface area contributed by atoms with Crippen LogP contribution in [-0.4, -0.2) is 52.0 Å². The van der Waals surface area contributed by atoms with Gasteiger partial charge in [-0.25, -0.2) is 4.79 Å². The minimum atomic E-state index is -0.947. The molecule has 40 heavy (non-hydrogen) atoms. The zero-order chi connectivity index (χ0) is 27.8. The molecule has 6 rings (SSSR count). The topological polar surface area (TPSA) is 82.9 Å². The first-order chi connectivity index (χ1) is 19.4. The van der Waals surface area contributed by atoms with Gasteiger partial charge in [-0.2, -0.15) is 0 Å². The number of rotatable bonds is 6. The number of nitrogens with one attached hydrogen (secondary N) is 1. The summed E-state index contributed by atoms with van der Waals surface area (Å²) in [5.74, 6) is -0.947. The third kappa shape index (κ3) is 4.71. The molecule has 0 aliphatic carbocycles. The number of aryl methyl sites for hydroxylation is 1. The van der Waals surface area contributed by atoms with Crippen LogP contribution in [0.25, 0.3) is 5.69 Å². The van der Waals surface area contributed by atoms with E-state index in [0.29, 0.717) is 5.11 Å². The van der Waals surface area contributed by atoms with Gasteiger partial charge >= 0.3 is 5.97 Å². The normalized spacial score (nSPS) is 19.1. The van der Waals surface area contributed by atoms with Gasteiger partial charge in [-0.3, -0.25) is 4.98 Å². The zero-order valence-electron chi connectivity index (χ0n) is 22.4. The lowest BCUT2D eigenvalue weighted by molar-refractivity contribution is 0.0697. The summed E-state index contributed by atoms with van der Waals surface area (Å²) in [5.41, 5.74) is 7.25. The second kappa shape index (κ2) is 10.7. The number of carbonyl (C=O) groups is 1. The first-order valence-corrected chi connectivity index (χ1v) is 13.8. The number of benzene rings is 2. The third-order valence-electron chi connectivity index (χ3n) is 7.74. The number of pyridine rings is 1. The minimum Gasteiger partial charge on any atom is -0.478 e. The van der Waals surface area contributed by atoms with Gasteiger partial charge in [-0.15, -0.1) is 0 Å². The fourth-order valence-corrected chi connectivity index (χ4v) is 6.20. The van der Waals surface area contributed by atoms with Crippen molar-refractivity contribution in [1.82, 2.24) is 14.9 Å². The number of hydrogen-bond donors (Lipinski definition) is 2. The number of carboxylic acid groups (broad SMARTS) is 1. The first-order valence-electron chi connectivity index (χ1n) is 13.4. The molecule has 204 valence electrons. The molecular weight excluding hydrogens is 522 g/mol. The average Bonchev–Trinajstić information content (AvgIpc) is 3.48. The van der Waals surface area contributed by atoms with Crippen LogP contribution in [-0.2, 0) is 4.74 Å². The van der Waals surface area contributed by atoms with Crippen LogP contribution in [0.15, 0.2) is 79.0 Å². The molecular formula is C31H31N5O3S. The van der Waals surface area contributed by atoms with Crippen LogP contribution in [0.1, 0.15) is 45.1 Å². The van der Waals surface area contributed by atoms with Crippen LogP contribution in [0.5, 0.6) is 0 Å². The maximum absolute atomic E-state index is 11.7. The Bertz CT molecular complexity index is 1550. The Morgan fingerprint density at radius 3 is 2.42 bits per heavy atom. The van der Waals surface area contributed by atoms with E-state index in [1.54, 1.807) is 24.4 Å². The van der Waals surface area contributed by atoms with Crippen LogP contribution < -0.4 is 15.1 Å². The zero-order valence-corrected chi connectivity index (χ0v) is 23.3. The molecule has 2 saturated heterocycles. The number of morpholine rings is 1. The van der Waals surface area contributed by atoms with E-state index >= 15 is 0 Å². The quantitative estimate of drug-likeness (QED) is 0.315. The Labute approximate surface area is 238 Å². The monoisotopic (exact) mass is 553 g/mol. The van der Waals surface area contributed by atoms with Crippen molar-refractivity contribution in [2.75, 3.05) is 36.1 Å². The van der Waals surface area contributed by atoms with E-state index in [0.717, 1.165) is 60.3 Å².